The van der Waals surface area contributed by atoms with Crippen LogP contribution < -0.4 is 15.4 Å². The first-order valence-electron chi connectivity index (χ1n) is 10.5. The molecule has 166 valence electrons. The molecule has 3 atom stereocenters. The van der Waals surface area contributed by atoms with Gasteiger partial charge in [-0.25, -0.2) is 9.55 Å². The minimum atomic E-state index is -0.654. The van der Waals surface area contributed by atoms with Gasteiger partial charge in [-0.2, -0.15) is 0 Å². The lowest BCUT2D eigenvalue weighted by Crippen LogP contribution is -3.08. The number of anilines is 1. The summed E-state index contributed by atoms with van der Waals surface area (Å²) in [6.07, 6.45) is -0.457. The van der Waals surface area contributed by atoms with Crippen LogP contribution in [0.4, 0.5) is 5.95 Å². The third-order valence-electron chi connectivity index (χ3n) is 5.49. The average Bonchev–Trinajstić information content (AvgIpc) is 3.05. The molecule has 0 saturated carbocycles. The fourth-order valence-corrected chi connectivity index (χ4v) is 5.60. The van der Waals surface area contributed by atoms with Crippen LogP contribution >= 0.6 is 22.9 Å². The van der Waals surface area contributed by atoms with Crippen LogP contribution in [0.25, 0.3) is 15.9 Å². The second-order valence-corrected chi connectivity index (χ2v) is 9.97. The Kier molecular flexibility index (Phi) is 6.37. The van der Waals surface area contributed by atoms with Crippen LogP contribution in [0.15, 0.2) is 29.1 Å². The minimum absolute atomic E-state index is 0.124. The van der Waals surface area contributed by atoms with Gasteiger partial charge in [-0.1, -0.05) is 11.6 Å². The van der Waals surface area contributed by atoms with Gasteiger partial charge in [0.05, 0.1) is 41.8 Å². The molecule has 0 saturated heterocycles. The Morgan fingerprint density at radius 3 is 2.48 bits per heavy atom. The first-order valence-corrected chi connectivity index (χ1v) is 11.7. The van der Waals surface area contributed by atoms with Crippen molar-refractivity contribution >= 4 is 39.1 Å². The molecule has 3 aromatic rings. The summed E-state index contributed by atoms with van der Waals surface area (Å²) in [7, 11) is 2.16. The quantitative estimate of drug-likeness (QED) is 0.512. The van der Waals surface area contributed by atoms with E-state index in [2.05, 4.69) is 7.05 Å². The number of thiophene rings is 1. The second-order valence-electron chi connectivity index (χ2n) is 8.45. The van der Waals surface area contributed by atoms with Crippen molar-refractivity contribution in [1.29, 1.82) is 0 Å². The Labute approximate surface area is 190 Å². The van der Waals surface area contributed by atoms with E-state index < -0.39 is 12.2 Å². The van der Waals surface area contributed by atoms with E-state index in [9.17, 15) is 15.0 Å². The largest absolute Gasteiger partial charge is 0.392 e. The molecular formula is C22H28ClN4O3S+. The number of hydrogen-bond acceptors (Lipinski definition) is 6. The van der Waals surface area contributed by atoms with E-state index in [0.717, 1.165) is 25.1 Å². The predicted molar refractivity (Wildman–Crippen MR) is 125 cm³/mol. The van der Waals surface area contributed by atoms with Crippen LogP contribution in [-0.4, -0.2) is 58.7 Å². The van der Waals surface area contributed by atoms with E-state index in [0.29, 0.717) is 26.9 Å². The molecule has 31 heavy (non-hydrogen) atoms. The maximum absolute atomic E-state index is 13.9. The number of halogens is 1. The van der Waals surface area contributed by atoms with Crippen molar-refractivity contribution in [1.82, 2.24) is 9.55 Å². The topological polar surface area (TPSA) is 83.0 Å². The molecule has 0 aliphatic carbocycles. The number of aliphatic hydroxyl groups excluding tert-OH is 2. The lowest BCUT2D eigenvalue weighted by Gasteiger charge is -2.28. The maximum atomic E-state index is 13.9. The van der Waals surface area contributed by atoms with Gasteiger partial charge in [0.2, 0.25) is 5.95 Å². The Bertz CT molecular complexity index is 1130. The molecule has 2 aromatic heterocycles. The van der Waals surface area contributed by atoms with E-state index in [1.807, 2.05) is 0 Å². The highest BCUT2D eigenvalue weighted by Gasteiger charge is 2.28. The van der Waals surface area contributed by atoms with Crippen molar-refractivity contribution in [3.05, 3.63) is 50.1 Å². The molecule has 0 amide bonds. The van der Waals surface area contributed by atoms with E-state index in [1.54, 1.807) is 58.9 Å². The highest BCUT2D eigenvalue weighted by atomic mass is 35.5. The number of rotatable bonds is 6. The van der Waals surface area contributed by atoms with E-state index >= 15 is 0 Å². The zero-order chi connectivity index (χ0) is 22.3. The summed E-state index contributed by atoms with van der Waals surface area (Å²) in [5.41, 5.74) is 1.63. The summed E-state index contributed by atoms with van der Waals surface area (Å²) in [5, 5.41) is 21.4. The average molecular weight is 464 g/mol. The summed E-state index contributed by atoms with van der Waals surface area (Å²) in [5.74, 6) is 0.418. The van der Waals surface area contributed by atoms with Gasteiger partial charge in [0.25, 0.3) is 5.56 Å². The minimum Gasteiger partial charge on any atom is -0.392 e. The van der Waals surface area contributed by atoms with Gasteiger partial charge in [0, 0.05) is 24.5 Å². The normalized spacial score (nSPS) is 18.1. The maximum Gasteiger partial charge on any atom is 0.268 e. The molecule has 0 spiro atoms. The molecule has 0 bridgehead atoms. The highest BCUT2D eigenvalue weighted by Crippen LogP contribution is 2.31. The number of benzene rings is 1. The lowest BCUT2D eigenvalue weighted by molar-refractivity contribution is -0.895. The number of nitrogens with zero attached hydrogens (tertiary/aromatic N) is 3. The molecule has 4 rings (SSSR count). The molecule has 1 aromatic carbocycles. The van der Waals surface area contributed by atoms with Gasteiger partial charge in [0.1, 0.15) is 11.4 Å². The molecule has 1 aliphatic heterocycles. The number of fused-ring (bicyclic) bond motifs is 3. The van der Waals surface area contributed by atoms with Crippen LogP contribution in [0.1, 0.15) is 24.3 Å². The first kappa shape index (κ1) is 22.2. The van der Waals surface area contributed by atoms with Gasteiger partial charge in [-0.15, -0.1) is 11.3 Å². The summed E-state index contributed by atoms with van der Waals surface area (Å²) >= 11 is 7.66. The monoisotopic (exact) mass is 463 g/mol. The number of nitrogens with one attached hydrogen (secondary N) is 1. The summed E-state index contributed by atoms with van der Waals surface area (Å²) in [6.45, 7) is 5.72. The summed E-state index contributed by atoms with van der Waals surface area (Å²) < 4.78 is 1.58. The SMILES string of the molecule is C[C@H](O)CN(C[C@@H](C)O)c1nc2sc3c(c2c(=O)n1-c1ccc(Cl)cc1)CC[NH+](C)C3. The zero-order valence-electron chi connectivity index (χ0n) is 17.9. The molecule has 9 heteroatoms. The van der Waals surface area contributed by atoms with Crippen LogP contribution in [-0.2, 0) is 13.0 Å². The van der Waals surface area contributed by atoms with E-state index in [1.165, 1.54) is 9.78 Å². The van der Waals surface area contributed by atoms with Crippen molar-refractivity contribution in [2.45, 2.75) is 39.0 Å². The van der Waals surface area contributed by atoms with Crippen LogP contribution in [0.3, 0.4) is 0 Å². The van der Waals surface area contributed by atoms with Crippen molar-refractivity contribution in [3.63, 3.8) is 0 Å². The highest BCUT2D eigenvalue weighted by molar-refractivity contribution is 7.18. The molecule has 0 fully saturated rings. The lowest BCUT2D eigenvalue weighted by atomic mass is 10.1. The number of likely N-dealkylation sites (N-methyl/N-ethyl adjacent to an activating group) is 1. The zero-order valence-corrected chi connectivity index (χ0v) is 19.5. The molecule has 1 unspecified atom stereocenters. The first-order chi connectivity index (χ1) is 14.7. The van der Waals surface area contributed by atoms with Gasteiger partial charge in [0.15, 0.2) is 0 Å². The van der Waals surface area contributed by atoms with Gasteiger partial charge in [-0.3, -0.25) is 4.79 Å². The van der Waals surface area contributed by atoms with Crippen molar-refractivity contribution in [2.75, 3.05) is 31.6 Å². The molecule has 1 aliphatic rings. The second kappa shape index (κ2) is 8.88. The smallest absolute Gasteiger partial charge is 0.268 e. The molecule has 7 nitrogen and oxygen atoms in total. The van der Waals surface area contributed by atoms with Gasteiger partial charge >= 0.3 is 0 Å². The fraction of sp³-hybridized carbons (Fsp3) is 0.455. The number of aliphatic hydroxyl groups is 2. The Hall–Kier alpha value is -1.97. The predicted octanol–water partition coefficient (Wildman–Crippen LogP) is 1.24. The standard InChI is InChI=1S/C22H27ClN4O3S/c1-13(28)10-26(11-14(2)29)22-24-20-19(17-8-9-25(3)12-18(17)31-20)21(30)27(22)16-6-4-15(23)5-7-16/h4-7,13-14,28-29H,8-12H2,1-3H3/p+1/t13-,14+. The third kappa shape index (κ3) is 4.49. The van der Waals surface area contributed by atoms with Crippen LogP contribution in [0, 0.1) is 0 Å². The van der Waals surface area contributed by atoms with Gasteiger partial charge in [-0.05, 0) is 43.7 Å². The number of hydrogen-bond donors (Lipinski definition) is 3. The van der Waals surface area contributed by atoms with Crippen molar-refractivity contribution < 1.29 is 15.1 Å². The van der Waals surface area contributed by atoms with Crippen molar-refractivity contribution in [2.24, 2.45) is 0 Å². The molecule has 0 radical (unpaired) electrons. The van der Waals surface area contributed by atoms with Crippen LogP contribution in [0.2, 0.25) is 5.02 Å². The summed E-state index contributed by atoms with van der Waals surface area (Å²) in [4.78, 5) is 23.9. The number of aromatic nitrogens is 2. The molecule has 3 heterocycles. The Morgan fingerprint density at radius 2 is 1.87 bits per heavy atom. The molecule has 3 N–H and O–H groups in total. The fourth-order valence-electron chi connectivity index (χ4n) is 4.16. The number of quaternary nitrogens is 1. The Morgan fingerprint density at radius 1 is 1.23 bits per heavy atom. The molecular weight excluding hydrogens is 436 g/mol. The Balaban J connectivity index is 1.99. The van der Waals surface area contributed by atoms with E-state index in [4.69, 9.17) is 16.6 Å². The van der Waals surface area contributed by atoms with Gasteiger partial charge < -0.3 is 20.0 Å². The third-order valence-corrected chi connectivity index (χ3v) is 6.87. The van der Waals surface area contributed by atoms with E-state index in [-0.39, 0.29) is 18.6 Å². The summed E-state index contributed by atoms with van der Waals surface area (Å²) in [6, 6.07) is 7.07. The van der Waals surface area contributed by atoms with Crippen LogP contribution in [0.5, 0.6) is 0 Å². The van der Waals surface area contributed by atoms with Crippen molar-refractivity contribution in [3.8, 4) is 5.69 Å².